The molecule has 0 fully saturated rings. The van der Waals surface area contributed by atoms with Crippen LogP contribution in [-0.4, -0.2) is 12.6 Å². The molecule has 0 radical (unpaired) electrons. The molecule has 0 amide bonds. The van der Waals surface area contributed by atoms with Crippen molar-refractivity contribution in [2.45, 2.75) is 26.1 Å². The number of carbonyl (C=O) groups excluding carboxylic acids is 1. The number of para-hydroxylation sites is 2. The summed E-state index contributed by atoms with van der Waals surface area (Å²) in [4.78, 5) is 10.4. The van der Waals surface area contributed by atoms with Gasteiger partial charge in [-0.2, -0.15) is 5.26 Å². The molecule has 1 aromatic rings. The second-order valence-electron chi connectivity index (χ2n) is 4.25. The fraction of sp³-hybridized carbons (Fsp3) is 0.385. The molecule has 0 saturated carbocycles. The molecule has 0 saturated heterocycles. The lowest BCUT2D eigenvalue weighted by Gasteiger charge is -2.25. The lowest BCUT2D eigenvalue weighted by molar-refractivity contribution is -0.109. The average molecular weight is 231 g/mol. The van der Waals surface area contributed by atoms with Crippen LogP contribution in [0.3, 0.4) is 0 Å². The van der Waals surface area contributed by atoms with Crippen LogP contribution in [0.15, 0.2) is 24.3 Å². The summed E-state index contributed by atoms with van der Waals surface area (Å²) in [6.07, 6.45) is 0.900. The lowest BCUT2D eigenvalue weighted by Crippen LogP contribution is -2.37. The number of hydrogen-bond acceptors (Lipinski definition) is 4. The van der Waals surface area contributed by atoms with E-state index in [2.05, 4.69) is 6.07 Å². The Balaban J connectivity index is 2.15. The van der Waals surface area contributed by atoms with Crippen LogP contribution in [0, 0.1) is 16.7 Å². The highest BCUT2D eigenvalue weighted by atomic mass is 16.7. The Morgan fingerprint density at radius 3 is 2.47 bits per heavy atom. The Labute approximate surface area is 99.8 Å². The zero-order chi connectivity index (χ0) is 12.3. The van der Waals surface area contributed by atoms with Gasteiger partial charge >= 0.3 is 0 Å². The molecular weight excluding hydrogens is 218 g/mol. The Kier molecular flexibility index (Phi) is 3.01. The van der Waals surface area contributed by atoms with Gasteiger partial charge in [0.05, 0.1) is 6.07 Å². The molecule has 1 aromatic carbocycles. The molecule has 4 nitrogen and oxygen atoms in total. The Bertz CT molecular complexity index is 441. The van der Waals surface area contributed by atoms with Gasteiger partial charge in [0.2, 0.25) is 0 Å². The van der Waals surface area contributed by atoms with Gasteiger partial charge in [0.25, 0.3) is 6.29 Å². The lowest BCUT2D eigenvalue weighted by atomic mass is 9.86. The van der Waals surface area contributed by atoms with Crippen molar-refractivity contribution < 1.29 is 14.3 Å². The molecule has 1 atom stereocenters. The van der Waals surface area contributed by atoms with Crippen LogP contribution in [0.1, 0.15) is 19.8 Å². The van der Waals surface area contributed by atoms with Crippen molar-refractivity contribution in [2.24, 2.45) is 5.41 Å². The zero-order valence-corrected chi connectivity index (χ0v) is 9.55. The molecule has 88 valence electrons. The van der Waals surface area contributed by atoms with Crippen molar-refractivity contribution in [3.63, 3.8) is 0 Å². The van der Waals surface area contributed by atoms with Crippen LogP contribution < -0.4 is 9.47 Å². The maximum atomic E-state index is 10.4. The first kappa shape index (κ1) is 11.5. The van der Waals surface area contributed by atoms with Gasteiger partial charge in [0, 0.05) is 6.42 Å². The molecule has 0 N–H and O–H groups in total. The zero-order valence-electron chi connectivity index (χ0n) is 9.55. The summed E-state index contributed by atoms with van der Waals surface area (Å²) in [6, 6.07) is 9.47. The quantitative estimate of drug-likeness (QED) is 0.746. The first-order chi connectivity index (χ1) is 8.19. The van der Waals surface area contributed by atoms with Crippen molar-refractivity contribution >= 4 is 6.29 Å². The summed E-state index contributed by atoms with van der Waals surface area (Å²) < 4.78 is 11.2. The van der Waals surface area contributed by atoms with E-state index < -0.39 is 11.7 Å². The smallest absolute Gasteiger partial charge is 0.259 e. The molecule has 0 aromatic heterocycles. The largest absolute Gasteiger partial charge is 0.449 e. The number of rotatable bonds is 4. The van der Waals surface area contributed by atoms with Crippen molar-refractivity contribution in [2.75, 3.05) is 0 Å². The van der Waals surface area contributed by atoms with Crippen molar-refractivity contribution in [3.8, 4) is 17.6 Å². The summed E-state index contributed by atoms with van der Waals surface area (Å²) >= 11 is 0. The fourth-order valence-corrected chi connectivity index (χ4v) is 1.74. The first-order valence-corrected chi connectivity index (χ1v) is 5.47. The SMILES string of the molecule is CC(C#N)(CCC=O)C1Oc2ccccc2O1. The summed E-state index contributed by atoms with van der Waals surface area (Å²) in [5, 5.41) is 9.23. The third-order valence-corrected chi connectivity index (χ3v) is 2.87. The highest BCUT2D eigenvalue weighted by Gasteiger charge is 2.42. The minimum atomic E-state index is -0.820. The van der Waals surface area contributed by atoms with Crippen LogP contribution in [0.5, 0.6) is 11.5 Å². The predicted molar refractivity (Wildman–Crippen MR) is 60.5 cm³/mol. The number of carbonyl (C=O) groups is 1. The minimum Gasteiger partial charge on any atom is -0.449 e. The number of fused-ring (bicyclic) bond motifs is 1. The van der Waals surface area contributed by atoms with Gasteiger partial charge in [0.15, 0.2) is 11.5 Å². The number of nitrogens with zero attached hydrogens (tertiary/aromatic N) is 1. The molecule has 1 unspecified atom stereocenters. The molecular formula is C13H13NO3. The van der Waals surface area contributed by atoms with Gasteiger partial charge in [-0.25, -0.2) is 0 Å². The highest BCUT2D eigenvalue weighted by Crippen LogP contribution is 2.41. The van der Waals surface area contributed by atoms with Crippen LogP contribution in [-0.2, 0) is 4.79 Å². The molecule has 4 heteroatoms. The van der Waals surface area contributed by atoms with Gasteiger partial charge in [-0.3, -0.25) is 0 Å². The molecule has 0 aliphatic carbocycles. The topological polar surface area (TPSA) is 59.3 Å². The Morgan fingerprint density at radius 1 is 1.41 bits per heavy atom. The summed E-state index contributed by atoms with van der Waals surface area (Å²) in [7, 11) is 0. The number of benzene rings is 1. The maximum Gasteiger partial charge on any atom is 0.259 e. The van der Waals surface area contributed by atoms with Gasteiger partial charge in [-0.15, -0.1) is 0 Å². The minimum absolute atomic E-state index is 0.323. The molecule has 0 spiro atoms. The van der Waals surface area contributed by atoms with Crippen LogP contribution in [0.2, 0.25) is 0 Å². The molecule has 1 aliphatic rings. The normalized spacial score (nSPS) is 17.2. The number of hydrogen-bond donors (Lipinski definition) is 0. The molecule has 0 bridgehead atoms. The second-order valence-corrected chi connectivity index (χ2v) is 4.25. The third-order valence-electron chi connectivity index (χ3n) is 2.87. The van der Waals surface area contributed by atoms with Gasteiger partial charge in [-0.05, 0) is 25.5 Å². The molecule has 17 heavy (non-hydrogen) atoms. The summed E-state index contributed by atoms with van der Waals surface area (Å²) in [5.41, 5.74) is -0.820. The molecule has 1 heterocycles. The third kappa shape index (κ3) is 2.09. The number of ether oxygens (including phenoxy) is 2. The number of aldehydes is 1. The van der Waals surface area contributed by atoms with Gasteiger partial charge in [0.1, 0.15) is 11.7 Å². The maximum absolute atomic E-state index is 10.4. The average Bonchev–Trinajstić information content (AvgIpc) is 2.80. The fourth-order valence-electron chi connectivity index (χ4n) is 1.74. The first-order valence-electron chi connectivity index (χ1n) is 5.47. The van der Waals surface area contributed by atoms with Crippen LogP contribution in [0.4, 0.5) is 0 Å². The Hall–Kier alpha value is -2.02. The van der Waals surface area contributed by atoms with E-state index in [0.717, 1.165) is 6.29 Å². The second kappa shape index (κ2) is 4.46. The van der Waals surface area contributed by atoms with E-state index in [4.69, 9.17) is 9.47 Å². The monoisotopic (exact) mass is 231 g/mol. The van der Waals surface area contributed by atoms with E-state index in [1.165, 1.54) is 0 Å². The van der Waals surface area contributed by atoms with Gasteiger partial charge in [-0.1, -0.05) is 12.1 Å². The highest BCUT2D eigenvalue weighted by molar-refractivity contribution is 5.49. The van der Waals surface area contributed by atoms with E-state index in [1.54, 1.807) is 19.1 Å². The van der Waals surface area contributed by atoms with Crippen molar-refractivity contribution in [1.82, 2.24) is 0 Å². The van der Waals surface area contributed by atoms with Crippen LogP contribution in [0.25, 0.3) is 0 Å². The summed E-state index contributed by atoms with van der Waals surface area (Å²) in [6.45, 7) is 1.74. The summed E-state index contributed by atoms with van der Waals surface area (Å²) in [5.74, 6) is 1.29. The van der Waals surface area contributed by atoms with Crippen molar-refractivity contribution in [1.29, 1.82) is 5.26 Å². The van der Waals surface area contributed by atoms with Crippen LogP contribution >= 0.6 is 0 Å². The standard InChI is InChI=1S/C13H13NO3/c1-13(9-14,7-4-8-15)12-16-10-5-2-3-6-11(10)17-12/h2-3,5-6,8,12H,4,7H2,1H3. The van der Waals surface area contributed by atoms with E-state index in [1.807, 2.05) is 12.1 Å². The number of nitriles is 1. The molecule has 2 rings (SSSR count). The van der Waals surface area contributed by atoms with E-state index in [9.17, 15) is 10.1 Å². The molecule has 1 aliphatic heterocycles. The van der Waals surface area contributed by atoms with E-state index >= 15 is 0 Å². The van der Waals surface area contributed by atoms with E-state index in [0.29, 0.717) is 24.3 Å². The predicted octanol–water partition coefficient (Wildman–Crippen LogP) is 2.29. The Morgan fingerprint density at radius 2 is 2.00 bits per heavy atom. The van der Waals surface area contributed by atoms with E-state index in [-0.39, 0.29) is 0 Å². The van der Waals surface area contributed by atoms with Gasteiger partial charge < -0.3 is 14.3 Å². The van der Waals surface area contributed by atoms with Crippen molar-refractivity contribution in [3.05, 3.63) is 24.3 Å².